The van der Waals surface area contributed by atoms with Gasteiger partial charge in [0.1, 0.15) is 0 Å². The van der Waals surface area contributed by atoms with Gasteiger partial charge in [-0.15, -0.1) is 0 Å². The lowest BCUT2D eigenvalue weighted by atomic mass is 10.00. The van der Waals surface area contributed by atoms with Crippen molar-refractivity contribution in [1.82, 2.24) is 0 Å². The highest BCUT2D eigenvalue weighted by Gasteiger charge is 2.21. The summed E-state index contributed by atoms with van der Waals surface area (Å²) in [5.74, 6) is 1.64. The van der Waals surface area contributed by atoms with Crippen LogP contribution in [0.1, 0.15) is 42.9 Å². The van der Waals surface area contributed by atoms with E-state index >= 15 is 0 Å². The van der Waals surface area contributed by atoms with Gasteiger partial charge in [-0.1, -0.05) is 6.42 Å². The predicted octanol–water partition coefficient (Wildman–Crippen LogP) is 2.61. The van der Waals surface area contributed by atoms with Gasteiger partial charge in [-0.25, -0.2) is 0 Å². The van der Waals surface area contributed by atoms with E-state index < -0.39 is 0 Å². The maximum atomic E-state index is 10.1. The Labute approximate surface area is 101 Å². The van der Waals surface area contributed by atoms with E-state index in [1.807, 2.05) is 6.07 Å². The number of hydrogen-bond donors (Lipinski definition) is 1. The number of aliphatic hydroxyl groups excluding tert-OH is 1. The van der Waals surface area contributed by atoms with Gasteiger partial charge in [-0.2, -0.15) is 0 Å². The topological polar surface area (TPSA) is 38.7 Å². The van der Waals surface area contributed by atoms with Crippen molar-refractivity contribution in [2.24, 2.45) is 0 Å². The van der Waals surface area contributed by atoms with Crippen LogP contribution in [-0.2, 0) is 6.42 Å². The van der Waals surface area contributed by atoms with Crippen molar-refractivity contribution in [2.75, 3.05) is 13.2 Å². The molecule has 1 N–H and O–H groups in total. The zero-order chi connectivity index (χ0) is 11.7. The highest BCUT2D eigenvalue weighted by molar-refractivity contribution is 5.49. The number of fused-ring (bicyclic) bond motifs is 2. The number of rotatable bonds is 0. The molecule has 17 heavy (non-hydrogen) atoms. The second-order valence-corrected chi connectivity index (χ2v) is 4.81. The third-order valence-corrected chi connectivity index (χ3v) is 3.54. The van der Waals surface area contributed by atoms with Gasteiger partial charge in [0.25, 0.3) is 0 Å². The SMILES string of the molecule is O[C@@H]1CCCCc2cc3c(cc21)OCCCO3. The van der Waals surface area contributed by atoms with Crippen LogP contribution in [0.15, 0.2) is 12.1 Å². The van der Waals surface area contributed by atoms with E-state index in [1.54, 1.807) is 0 Å². The second kappa shape index (κ2) is 4.57. The molecule has 3 heteroatoms. The first-order chi connectivity index (χ1) is 8.34. The van der Waals surface area contributed by atoms with Gasteiger partial charge in [0.2, 0.25) is 0 Å². The van der Waals surface area contributed by atoms with Gasteiger partial charge < -0.3 is 14.6 Å². The molecule has 2 aliphatic rings. The molecule has 0 bridgehead atoms. The lowest BCUT2D eigenvalue weighted by Crippen LogP contribution is -2.01. The zero-order valence-electron chi connectivity index (χ0n) is 9.95. The number of aliphatic hydroxyl groups is 1. The Hall–Kier alpha value is -1.22. The first-order valence-corrected chi connectivity index (χ1v) is 6.45. The fourth-order valence-corrected chi connectivity index (χ4v) is 2.60. The normalized spacial score (nSPS) is 23.5. The van der Waals surface area contributed by atoms with Crippen LogP contribution in [0.3, 0.4) is 0 Å². The van der Waals surface area contributed by atoms with Crippen LogP contribution in [0.2, 0.25) is 0 Å². The molecule has 1 aromatic carbocycles. The lowest BCUT2D eigenvalue weighted by Gasteiger charge is -2.15. The summed E-state index contributed by atoms with van der Waals surface area (Å²) in [6.07, 6.45) is 4.69. The standard InChI is InChI=1S/C14H18O3/c15-12-5-2-1-4-10-8-13-14(9-11(10)12)17-7-3-6-16-13/h8-9,12,15H,1-7H2/t12-/m1/s1. The number of hydrogen-bond acceptors (Lipinski definition) is 3. The largest absolute Gasteiger partial charge is 0.490 e. The molecule has 0 unspecified atom stereocenters. The van der Waals surface area contributed by atoms with Crippen molar-refractivity contribution in [3.05, 3.63) is 23.3 Å². The quantitative estimate of drug-likeness (QED) is 0.701. The van der Waals surface area contributed by atoms with Gasteiger partial charge in [0.05, 0.1) is 19.3 Å². The van der Waals surface area contributed by atoms with Crippen molar-refractivity contribution in [2.45, 2.75) is 38.2 Å². The first-order valence-electron chi connectivity index (χ1n) is 6.45. The molecule has 0 spiro atoms. The molecule has 1 aliphatic carbocycles. The van der Waals surface area contributed by atoms with E-state index in [-0.39, 0.29) is 6.10 Å². The molecule has 0 saturated carbocycles. The van der Waals surface area contributed by atoms with Crippen LogP contribution in [0.4, 0.5) is 0 Å². The van der Waals surface area contributed by atoms with E-state index in [2.05, 4.69) is 6.07 Å². The fraction of sp³-hybridized carbons (Fsp3) is 0.571. The summed E-state index contributed by atoms with van der Waals surface area (Å²) in [6, 6.07) is 4.04. The van der Waals surface area contributed by atoms with Crippen molar-refractivity contribution < 1.29 is 14.6 Å². The van der Waals surface area contributed by atoms with Crippen LogP contribution < -0.4 is 9.47 Å². The monoisotopic (exact) mass is 234 g/mol. The summed E-state index contributed by atoms with van der Waals surface area (Å²) >= 11 is 0. The van der Waals surface area contributed by atoms with Crippen molar-refractivity contribution >= 4 is 0 Å². The molecule has 0 aromatic heterocycles. The molecule has 0 amide bonds. The van der Waals surface area contributed by atoms with E-state index in [1.165, 1.54) is 5.56 Å². The molecule has 0 saturated heterocycles. The van der Waals surface area contributed by atoms with Crippen LogP contribution in [0.25, 0.3) is 0 Å². The highest BCUT2D eigenvalue weighted by atomic mass is 16.5. The Morgan fingerprint density at radius 3 is 2.59 bits per heavy atom. The minimum absolute atomic E-state index is 0.343. The summed E-state index contributed by atoms with van der Waals surface area (Å²) in [7, 11) is 0. The Balaban J connectivity index is 2.03. The summed E-state index contributed by atoms with van der Waals surface area (Å²) in [5.41, 5.74) is 2.26. The van der Waals surface area contributed by atoms with Crippen LogP contribution in [0.5, 0.6) is 11.5 Å². The number of benzene rings is 1. The van der Waals surface area contributed by atoms with Crippen molar-refractivity contribution in [3.63, 3.8) is 0 Å². The van der Waals surface area contributed by atoms with Crippen LogP contribution in [-0.4, -0.2) is 18.3 Å². The Kier molecular flexibility index (Phi) is 2.93. The molecule has 1 aromatic rings. The zero-order valence-corrected chi connectivity index (χ0v) is 9.95. The second-order valence-electron chi connectivity index (χ2n) is 4.81. The van der Waals surface area contributed by atoms with Gasteiger partial charge in [0.15, 0.2) is 11.5 Å². The van der Waals surface area contributed by atoms with Gasteiger partial charge in [0, 0.05) is 6.42 Å². The summed E-state index contributed by atoms with van der Waals surface area (Å²) in [6.45, 7) is 1.41. The number of aryl methyl sites for hydroxylation is 1. The maximum absolute atomic E-state index is 10.1. The van der Waals surface area contributed by atoms with Gasteiger partial charge in [-0.3, -0.25) is 0 Å². The fourth-order valence-electron chi connectivity index (χ4n) is 2.60. The van der Waals surface area contributed by atoms with E-state index in [4.69, 9.17) is 9.47 Å². The molecular weight excluding hydrogens is 216 g/mol. The smallest absolute Gasteiger partial charge is 0.161 e. The lowest BCUT2D eigenvalue weighted by molar-refractivity contribution is 0.166. The van der Waals surface area contributed by atoms with Crippen LogP contribution >= 0.6 is 0 Å². The summed E-state index contributed by atoms with van der Waals surface area (Å²) < 4.78 is 11.4. The molecule has 92 valence electrons. The Morgan fingerprint density at radius 1 is 1.00 bits per heavy atom. The average molecular weight is 234 g/mol. The van der Waals surface area contributed by atoms with Gasteiger partial charge >= 0.3 is 0 Å². The van der Waals surface area contributed by atoms with Crippen molar-refractivity contribution in [1.29, 1.82) is 0 Å². The van der Waals surface area contributed by atoms with E-state index in [0.29, 0.717) is 13.2 Å². The summed E-state index contributed by atoms with van der Waals surface area (Å²) in [5, 5.41) is 10.1. The average Bonchev–Trinajstić information content (AvgIpc) is 2.66. The van der Waals surface area contributed by atoms with Crippen molar-refractivity contribution in [3.8, 4) is 11.5 Å². The first kappa shape index (κ1) is 10.9. The minimum Gasteiger partial charge on any atom is -0.490 e. The number of ether oxygens (including phenoxy) is 2. The molecule has 1 atom stereocenters. The molecule has 3 nitrogen and oxygen atoms in total. The summed E-state index contributed by atoms with van der Waals surface area (Å²) in [4.78, 5) is 0. The van der Waals surface area contributed by atoms with Gasteiger partial charge in [-0.05, 0) is 42.5 Å². The molecule has 0 fully saturated rings. The molecule has 0 radical (unpaired) electrons. The van der Waals surface area contributed by atoms with Crippen LogP contribution in [0, 0.1) is 0 Å². The van der Waals surface area contributed by atoms with E-state index in [9.17, 15) is 5.11 Å². The Bertz CT molecular complexity index is 414. The highest BCUT2D eigenvalue weighted by Crippen LogP contribution is 2.38. The molecule has 3 rings (SSSR count). The Morgan fingerprint density at radius 2 is 1.76 bits per heavy atom. The molecule has 1 heterocycles. The minimum atomic E-state index is -0.343. The third-order valence-electron chi connectivity index (χ3n) is 3.54. The molecular formula is C14H18O3. The third kappa shape index (κ3) is 2.12. The predicted molar refractivity (Wildman–Crippen MR) is 64.6 cm³/mol. The molecule has 1 aliphatic heterocycles. The van der Waals surface area contributed by atoms with E-state index in [0.717, 1.165) is 49.2 Å². The maximum Gasteiger partial charge on any atom is 0.161 e.